The van der Waals surface area contributed by atoms with E-state index in [4.69, 9.17) is 13.9 Å². The fourth-order valence-corrected chi connectivity index (χ4v) is 1.86. The number of furan rings is 1. The van der Waals surface area contributed by atoms with Crippen molar-refractivity contribution >= 4 is 12.0 Å². The second kappa shape index (κ2) is 6.61. The van der Waals surface area contributed by atoms with Gasteiger partial charge in [-0.2, -0.15) is 0 Å². The van der Waals surface area contributed by atoms with Gasteiger partial charge in [0.05, 0.1) is 20.5 Å². The highest BCUT2D eigenvalue weighted by molar-refractivity contribution is 5.93. The zero-order valence-electron chi connectivity index (χ0n) is 11.5. The maximum atomic E-state index is 11.8. The van der Waals surface area contributed by atoms with E-state index >= 15 is 0 Å². The molecule has 0 saturated carbocycles. The molecule has 1 aromatic heterocycles. The minimum absolute atomic E-state index is 0.371. The number of carbonyl (C=O) groups excluding carboxylic acids is 1. The van der Waals surface area contributed by atoms with Gasteiger partial charge in [0.2, 0.25) is 0 Å². The summed E-state index contributed by atoms with van der Waals surface area (Å²) in [6.07, 6.45) is 3.70. The number of methoxy groups -OCH3 is 2. The lowest BCUT2D eigenvalue weighted by Crippen LogP contribution is -2.07. The predicted molar refractivity (Wildman–Crippen MR) is 75.4 cm³/mol. The molecule has 0 fully saturated rings. The van der Waals surface area contributed by atoms with Gasteiger partial charge in [-0.25, -0.2) is 4.79 Å². The van der Waals surface area contributed by atoms with Crippen LogP contribution in [0.25, 0.3) is 6.08 Å². The minimum atomic E-state index is -0.371. The van der Waals surface area contributed by atoms with Crippen LogP contribution in [-0.2, 0) is 16.0 Å². The first-order valence-corrected chi connectivity index (χ1v) is 6.18. The molecule has 0 atom stereocenters. The quantitative estimate of drug-likeness (QED) is 0.620. The average molecular weight is 272 g/mol. The van der Waals surface area contributed by atoms with Crippen LogP contribution in [0.5, 0.6) is 5.75 Å². The largest absolute Gasteiger partial charge is 0.497 e. The van der Waals surface area contributed by atoms with Crippen LogP contribution in [0.4, 0.5) is 0 Å². The molecule has 0 amide bonds. The van der Waals surface area contributed by atoms with Crippen molar-refractivity contribution in [3.8, 4) is 5.75 Å². The molecule has 104 valence electrons. The number of hydrogen-bond donors (Lipinski definition) is 0. The first kappa shape index (κ1) is 13.9. The molecule has 0 radical (unpaired) electrons. The smallest absolute Gasteiger partial charge is 0.334 e. The van der Waals surface area contributed by atoms with E-state index in [-0.39, 0.29) is 5.97 Å². The summed E-state index contributed by atoms with van der Waals surface area (Å²) >= 11 is 0. The van der Waals surface area contributed by atoms with Gasteiger partial charge in [0.25, 0.3) is 0 Å². The van der Waals surface area contributed by atoms with E-state index < -0.39 is 0 Å². The van der Waals surface area contributed by atoms with Crippen molar-refractivity contribution in [3.63, 3.8) is 0 Å². The number of esters is 1. The summed E-state index contributed by atoms with van der Waals surface area (Å²) in [5.74, 6) is 1.00. The summed E-state index contributed by atoms with van der Waals surface area (Å²) in [7, 11) is 2.98. The molecule has 0 aliphatic heterocycles. The van der Waals surface area contributed by atoms with Gasteiger partial charge in [0.1, 0.15) is 11.5 Å². The standard InChI is InChI=1S/C16H16O4/c1-18-14-6-3-5-12(10-14)9-13(16(17)19-2)11-15-7-4-8-20-15/h3-8,10-11H,9H2,1-2H3/b13-11-. The van der Waals surface area contributed by atoms with Crippen LogP contribution < -0.4 is 4.74 Å². The fourth-order valence-electron chi connectivity index (χ4n) is 1.86. The van der Waals surface area contributed by atoms with Crippen molar-refractivity contribution in [2.24, 2.45) is 0 Å². The molecule has 0 bridgehead atoms. The van der Waals surface area contributed by atoms with Crippen molar-refractivity contribution in [3.05, 3.63) is 59.6 Å². The number of ether oxygens (including phenoxy) is 2. The van der Waals surface area contributed by atoms with Crippen LogP contribution in [0, 0.1) is 0 Å². The fraction of sp³-hybridized carbons (Fsp3) is 0.188. The molecular weight excluding hydrogens is 256 g/mol. The summed E-state index contributed by atoms with van der Waals surface area (Å²) in [6.45, 7) is 0. The van der Waals surface area contributed by atoms with Crippen LogP contribution in [-0.4, -0.2) is 20.2 Å². The first-order chi connectivity index (χ1) is 9.72. The Morgan fingerprint density at radius 2 is 2.10 bits per heavy atom. The predicted octanol–water partition coefficient (Wildman–Crippen LogP) is 3.09. The van der Waals surface area contributed by atoms with Crippen LogP contribution in [0.15, 0.2) is 52.7 Å². The maximum absolute atomic E-state index is 11.8. The van der Waals surface area contributed by atoms with E-state index in [0.717, 1.165) is 11.3 Å². The van der Waals surface area contributed by atoms with Crippen LogP contribution in [0.3, 0.4) is 0 Å². The average Bonchev–Trinajstić information content (AvgIpc) is 2.99. The third kappa shape index (κ3) is 3.51. The number of rotatable bonds is 5. The summed E-state index contributed by atoms with van der Waals surface area (Å²) in [5.41, 5.74) is 1.49. The summed E-state index contributed by atoms with van der Waals surface area (Å²) < 4.78 is 15.2. The Labute approximate surface area is 117 Å². The Morgan fingerprint density at radius 3 is 2.75 bits per heavy atom. The van der Waals surface area contributed by atoms with Gasteiger partial charge in [-0.15, -0.1) is 0 Å². The molecule has 2 rings (SSSR count). The summed E-state index contributed by atoms with van der Waals surface area (Å²) in [5, 5.41) is 0. The van der Waals surface area contributed by atoms with E-state index in [1.165, 1.54) is 7.11 Å². The zero-order chi connectivity index (χ0) is 14.4. The molecular formula is C16H16O4. The second-order valence-corrected chi connectivity index (χ2v) is 4.20. The van der Waals surface area contributed by atoms with Crippen molar-refractivity contribution < 1.29 is 18.7 Å². The number of benzene rings is 1. The lowest BCUT2D eigenvalue weighted by Gasteiger charge is -2.07. The normalized spacial score (nSPS) is 11.2. The molecule has 0 N–H and O–H groups in total. The molecule has 20 heavy (non-hydrogen) atoms. The molecule has 0 unspecified atom stereocenters. The van der Waals surface area contributed by atoms with Gasteiger partial charge in [-0.05, 0) is 35.9 Å². The van der Waals surface area contributed by atoms with E-state index in [1.54, 1.807) is 31.6 Å². The summed E-state index contributed by atoms with van der Waals surface area (Å²) in [6, 6.07) is 11.1. The highest BCUT2D eigenvalue weighted by atomic mass is 16.5. The monoisotopic (exact) mass is 272 g/mol. The SMILES string of the molecule is COC(=O)/C(=C\c1ccco1)Cc1cccc(OC)c1. The van der Waals surface area contributed by atoms with Crippen molar-refractivity contribution in [1.29, 1.82) is 0 Å². The molecule has 1 aromatic carbocycles. The Morgan fingerprint density at radius 1 is 1.25 bits per heavy atom. The van der Waals surface area contributed by atoms with E-state index in [1.807, 2.05) is 24.3 Å². The molecule has 0 aliphatic carbocycles. The molecule has 0 saturated heterocycles. The van der Waals surface area contributed by atoms with Crippen LogP contribution >= 0.6 is 0 Å². The van der Waals surface area contributed by atoms with Gasteiger partial charge < -0.3 is 13.9 Å². The highest BCUT2D eigenvalue weighted by Crippen LogP contribution is 2.18. The first-order valence-electron chi connectivity index (χ1n) is 6.18. The van der Waals surface area contributed by atoms with Gasteiger partial charge in [-0.1, -0.05) is 12.1 Å². The summed E-state index contributed by atoms with van der Waals surface area (Å²) in [4.78, 5) is 11.8. The minimum Gasteiger partial charge on any atom is -0.497 e. The van der Waals surface area contributed by atoms with Crippen LogP contribution in [0.2, 0.25) is 0 Å². The lowest BCUT2D eigenvalue weighted by atomic mass is 10.0. The van der Waals surface area contributed by atoms with E-state index in [9.17, 15) is 4.79 Å². The number of hydrogen-bond acceptors (Lipinski definition) is 4. The highest BCUT2D eigenvalue weighted by Gasteiger charge is 2.12. The zero-order valence-corrected chi connectivity index (χ0v) is 11.5. The lowest BCUT2D eigenvalue weighted by molar-refractivity contribution is -0.136. The Bertz CT molecular complexity index is 597. The van der Waals surface area contributed by atoms with E-state index in [2.05, 4.69) is 0 Å². The maximum Gasteiger partial charge on any atom is 0.334 e. The third-order valence-corrected chi connectivity index (χ3v) is 2.84. The second-order valence-electron chi connectivity index (χ2n) is 4.20. The molecule has 1 heterocycles. The van der Waals surface area contributed by atoms with Gasteiger partial charge in [0, 0.05) is 12.0 Å². The molecule has 2 aromatic rings. The van der Waals surface area contributed by atoms with Gasteiger partial charge >= 0.3 is 5.97 Å². The van der Waals surface area contributed by atoms with E-state index in [0.29, 0.717) is 17.8 Å². The van der Waals surface area contributed by atoms with Crippen molar-refractivity contribution in [2.75, 3.05) is 14.2 Å². The third-order valence-electron chi connectivity index (χ3n) is 2.84. The van der Waals surface area contributed by atoms with Crippen molar-refractivity contribution in [1.82, 2.24) is 0 Å². The molecule has 4 heteroatoms. The van der Waals surface area contributed by atoms with Gasteiger partial charge in [-0.3, -0.25) is 0 Å². The van der Waals surface area contributed by atoms with Gasteiger partial charge in [0.15, 0.2) is 0 Å². The topological polar surface area (TPSA) is 48.7 Å². The Balaban J connectivity index is 2.26. The Kier molecular flexibility index (Phi) is 4.60. The van der Waals surface area contributed by atoms with Crippen molar-refractivity contribution in [2.45, 2.75) is 6.42 Å². The number of carbonyl (C=O) groups is 1. The molecule has 0 spiro atoms. The molecule has 4 nitrogen and oxygen atoms in total. The molecule has 0 aliphatic rings. The Hall–Kier alpha value is -2.49. The van der Waals surface area contributed by atoms with Crippen LogP contribution in [0.1, 0.15) is 11.3 Å².